The Kier molecular flexibility index (Phi) is 10.1. The van der Waals surface area contributed by atoms with E-state index in [1.807, 2.05) is 18.2 Å². The third kappa shape index (κ3) is 7.83. The number of ketones is 1. The normalized spacial score (nSPS) is 16.6. The SMILES string of the molecule is C#CCC(CC(=O)c1ccc(-c2ccccc2Cl)[nH]1)C(=O)NC(/C=C/C(=O)OCC)CC1CCNC1=O. The summed E-state index contributed by atoms with van der Waals surface area (Å²) in [6, 6.07) is 10.1. The number of nitrogens with one attached hydrogen (secondary N) is 3. The maximum absolute atomic E-state index is 13.2. The summed E-state index contributed by atoms with van der Waals surface area (Å²) < 4.78 is 4.92. The van der Waals surface area contributed by atoms with Gasteiger partial charge in [0.15, 0.2) is 5.78 Å². The van der Waals surface area contributed by atoms with Gasteiger partial charge in [0.25, 0.3) is 0 Å². The van der Waals surface area contributed by atoms with Gasteiger partial charge in [-0.25, -0.2) is 4.79 Å². The van der Waals surface area contributed by atoms with Gasteiger partial charge < -0.3 is 20.4 Å². The number of carbonyl (C=O) groups is 4. The highest BCUT2D eigenvalue weighted by Gasteiger charge is 2.29. The topological polar surface area (TPSA) is 117 Å². The van der Waals surface area contributed by atoms with Crippen LogP contribution < -0.4 is 10.6 Å². The number of aromatic nitrogens is 1. The Hall–Kier alpha value is -3.83. The molecule has 0 spiro atoms. The minimum Gasteiger partial charge on any atom is -0.463 e. The van der Waals surface area contributed by atoms with Crippen LogP contribution in [-0.2, 0) is 19.1 Å². The monoisotopic (exact) mass is 523 g/mol. The molecule has 1 aromatic heterocycles. The Morgan fingerprint density at radius 1 is 1.27 bits per heavy atom. The Labute approximate surface area is 221 Å². The molecule has 1 aliphatic rings. The molecule has 1 fully saturated rings. The third-order valence-corrected chi connectivity index (χ3v) is 6.43. The van der Waals surface area contributed by atoms with Gasteiger partial charge in [-0.05, 0) is 38.0 Å². The third-order valence-electron chi connectivity index (χ3n) is 6.10. The second-order valence-electron chi connectivity index (χ2n) is 8.74. The number of hydrogen-bond donors (Lipinski definition) is 3. The van der Waals surface area contributed by atoms with E-state index in [2.05, 4.69) is 21.5 Å². The fourth-order valence-electron chi connectivity index (χ4n) is 4.18. The fourth-order valence-corrected chi connectivity index (χ4v) is 4.41. The van der Waals surface area contributed by atoms with Crippen LogP contribution in [0, 0.1) is 24.2 Å². The summed E-state index contributed by atoms with van der Waals surface area (Å²) in [5, 5.41) is 6.17. The number of ether oxygens (including phenoxy) is 1. The molecule has 1 aliphatic heterocycles. The van der Waals surface area contributed by atoms with E-state index in [0.29, 0.717) is 35.8 Å². The largest absolute Gasteiger partial charge is 0.463 e. The summed E-state index contributed by atoms with van der Waals surface area (Å²) in [5.41, 5.74) is 1.78. The van der Waals surface area contributed by atoms with E-state index in [-0.39, 0.29) is 37.1 Å². The van der Waals surface area contributed by atoms with E-state index in [1.54, 1.807) is 25.1 Å². The van der Waals surface area contributed by atoms with Gasteiger partial charge in [-0.2, -0.15) is 0 Å². The summed E-state index contributed by atoms with van der Waals surface area (Å²) >= 11 is 6.26. The number of terminal acetylenes is 1. The van der Waals surface area contributed by atoms with E-state index < -0.39 is 23.8 Å². The van der Waals surface area contributed by atoms with Gasteiger partial charge in [-0.15, -0.1) is 12.3 Å². The van der Waals surface area contributed by atoms with Gasteiger partial charge >= 0.3 is 5.97 Å². The van der Waals surface area contributed by atoms with Crippen molar-refractivity contribution in [2.24, 2.45) is 11.8 Å². The first kappa shape index (κ1) is 27.8. The molecule has 3 N–H and O–H groups in total. The van der Waals surface area contributed by atoms with Gasteiger partial charge in [0, 0.05) is 53.7 Å². The highest BCUT2D eigenvalue weighted by atomic mass is 35.5. The molecule has 1 saturated heterocycles. The number of rotatable bonds is 12. The van der Waals surface area contributed by atoms with E-state index in [1.165, 1.54) is 12.2 Å². The molecule has 9 heteroatoms. The summed E-state index contributed by atoms with van der Waals surface area (Å²) in [6.07, 6.45) is 9.12. The zero-order valence-electron chi connectivity index (χ0n) is 20.6. The van der Waals surface area contributed by atoms with Gasteiger partial charge in [-0.1, -0.05) is 35.9 Å². The van der Waals surface area contributed by atoms with Crippen molar-refractivity contribution in [3.05, 3.63) is 59.3 Å². The average Bonchev–Trinajstić information content (AvgIpc) is 3.52. The predicted molar refractivity (Wildman–Crippen MR) is 141 cm³/mol. The van der Waals surface area contributed by atoms with Crippen molar-refractivity contribution in [1.29, 1.82) is 0 Å². The van der Waals surface area contributed by atoms with Crippen LogP contribution in [-0.4, -0.2) is 47.7 Å². The van der Waals surface area contributed by atoms with Crippen LogP contribution >= 0.6 is 11.6 Å². The lowest BCUT2D eigenvalue weighted by Crippen LogP contribution is -2.40. The van der Waals surface area contributed by atoms with Crippen molar-refractivity contribution in [3.8, 4) is 23.6 Å². The van der Waals surface area contributed by atoms with Crippen LogP contribution in [0.25, 0.3) is 11.3 Å². The zero-order chi connectivity index (χ0) is 26.8. The lowest BCUT2D eigenvalue weighted by atomic mass is 9.94. The molecular weight excluding hydrogens is 494 g/mol. The van der Waals surface area contributed by atoms with Crippen molar-refractivity contribution in [2.45, 2.75) is 38.6 Å². The highest BCUT2D eigenvalue weighted by molar-refractivity contribution is 6.33. The van der Waals surface area contributed by atoms with Crippen molar-refractivity contribution in [2.75, 3.05) is 13.2 Å². The molecule has 0 radical (unpaired) electrons. The summed E-state index contributed by atoms with van der Waals surface area (Å²) in [5.74, 6) is 0.0280. The Bertz CT molecular complexity index is 1210. The van der Waals surface area contributed by atoms with E-state index >= 15 is 0 Å². The summed E-state index contributed by atoms with van der Waals surface area (Å²) in [4.78, 5) is 53.2. The molecule has 3 atom stereocenters. The lowest BCUT2D eigenvalue weighted by molar-refractivity contribution is -0.137. The van der Waals surface area contributed by atoms with Crippen molar-refractivity contribution >= 4 is 35.2 Å². The molecule has 1 aromatic carbocycles. The minimum absolute atomic E-state index is 0.0495. The highest BCUT2D eigenvalue weighted by Crippen LogP contribution is 2.27. The molecule has 0 saturated carbocycles. The van der Waals surface area contributed by atoms with E-state index in [0.717, 1.165) is 5.56 Å². The van der Waals surface area contributed by atoms with Crippen molar-refractivity contribution < 1.29 is 23.9 Å². The fraction of sp³-hybridized carbons (Fsp3) is 0.357. The molecule has 8 nitrogen and oxygen atoms in total. The molecule has 0 bridgehead atoms. The van der Waals surface area contributed by atoms with Crippen LogP contribution in [0.1, 0.15) is 43.1 Å². The van der Waals surface area contributed by atoms with Gasteiger partial charge in [0.05, 0.1) is 18.2 Å². The molecule has 194 valence electrons. The van der Waals surface area contributed by atoms with Crippen LogP contribution in [0.4, 0.5) is 0 Å². The molecular formula is C28H30ClN3O5. The number of amides is 2. The average molecular weight is 524 g/mol. The van der Waals surface area contributed by atoms with Crippen LogP contribution in [0.2, 0.25) is 5.02 Å². The number of halogens is 1. The molecule has 2 amide bonds. The minimum atomic E-state index is -0.791. The Morgan fingerprint density at radius 2 is 2.05 bits per heavy atom. The van der Waals surface area contributed by atoms with Crippen LogP contribution in [0.15, 0.2) is 48.6 Å². The molecule has 3 rings (SSSR count). The zero-order valence-corrected chi connectivity index (χ0v) is 21.3. The quantitative estimate of drug-likeness (QED) is 0.170. The smallest absolute Gasteiger partial charge is 0.330 e. The molecule has 2 aromatic rings. The number of benzene rings is 1. The van der Waals surface area contributed by atoms with Gasteiger partial charge in [-0.3, -0.25) is 14.4 Å². The maximum atomic E-state index is 13.2. The van der Waals surface area contributed by atoms with Crippen LogP contribution in [0.5, 0.6) is 0 Å². The van der Waals surface area contributed by atoms with Crippen LogP contribution in [0.3, 0.4) is 0 Å². The molecule has 37 heavy (non-hydrogen) atoms. The number of Topliss-reactive ketones (excluding diaryl/α,β-unsaturated/α-hetero) is 1. The number of H-pyrrole nitrogens is 1. The first-order valence-electron chi connectivity index (χ1n) is 12.2. The maximum Gasteiger partial charge on any atom is 0.330 e. The second kappa shape index (κ2) is 13.5. The van der Waals surface area contributed by atoms with E-state index in [4.69, 9.17) is 22.8 Å². The summed E-state index contributed by atoms with van der Waals surface area (Å²) in [6.45, 7) is 2.47. The standard InChI is InChI=1S/C28H30ClN3O5/c1-3-7-18(17-25(33)24-12-11-23(32-24)21-8-5-6-9-22(21)29)28(36)31-20(10-13-26(34)37-4-2)16-19-14-15-30-27(19)35/h1,5-6,8-13,18-20,32H,4,7,14-17H2,2H3,(H,30,35)(H,31,36)/b13-10+. The number of carbonyl (C=O) groups excluding carboxylic acids is 4. The Balaban J connectivity index is 1.71. The predicted octanol–water partition coefficient (Wildman–Crippen LogP) is 3.68. The lowest BCUT2D eigenvalue weighted by Gasteiger charge is -2.21. The molecule has 3 unspecified atom stereocenters. The number of esters is 1. The van der Waals surface area contributed by atoms with Crippen molar-refractivity contribution in [3.63, 3.8) is 0 Å². The van der Waals surface area contributed by atoms with Crippen molar-refractivity contribution in [1.82, 2.24) is 15.6 Å². The van der Waals surface area contributed by atoms with Gasteiger partial charge in [0.2, 0.25) is 11.8 Å². The number of hydrogen-bond acceptors (Lipinski definition) is 5. The van der Waals surface area contributed by atoms with E-state index in [9.17, 15) is 19.2 Å². The van der Waals surface area contributed by atoms with Gasteiger partial charge in [0.1, 0.15) is 0 Å². The Morgan fingerprint density at radius 3 is 2.73 bits per heavy atom. The summed E-state index contributed by atoms with van der Waals surface area (Å²) in [7, 11) is 0. The second-order valence-corrected chi connectivity index (χ2v) is 9.14. The first-order chi connectivity index (χ1) is 17.8. The molecule has 2 heterocycles. The molecule has 0 aliphatic carbocycles. The number of aromatic amines is 1. The first-order valence-corrected chi connectivity index (χ1v) is 12.5.